The number of hydrogen-bond acceptors (Lipinski definition) is 6. The first-order chi connectivity index (χ1) is 12.1. The lowest BCUT2D eigenvalue weighted by Gasteiger charge is -2.10. The molecule has 8 heteroatoms. The van der Waals surface area contributed by atoms with Crippen LogP contribution >= 0.6 is 11.6 Å². The molecule has 0 radical (unpaired) electrons. The van der Waals surface area contributed by atoms with Gasteiger partial charge in [0.2, 0.25) is 0 Å². The fourth-order valence-electron chi connectivity index (χ4n) is 2.73. The summed E-state index contributed by atoms with van der Waals surface area (Å²) in [4.78, 5) is 20.6. The summed E-state index contributed by atoms with van der Waals surface area (Å²) in [6, 6.07) is 9.04. The molecule has 3 heterocycles. The molecule has 4 rings (SSSR count). The number of fused-ring (bicyclic) bond motifs is 3. The van der Waals surface area contributed by atoms with Gasteiger partial charge in [0.05, 0.1) is 12.8 Å². The average Bonchev–Trinajstić information content (AvgIpc) is 3.10. The Kier molecular flexibility index (Phi) is 3.51. The lowest BCUT2D eigenvalue weighted by Crippen LogP contribution is -2.10. The number of hydrogen-bond donors (Lipinski definition) is 1. The quantitative estimate of drug-likeness (QED) is 0.556. The van der Waals surface area contributed by atoms with Crippen LogP contribution in [0.1, 0.15) is 10.5 Å². The van der Waals surface area contributed by atoms with Gasteiger partial charge in [-0.1, -0.05) is 23.7 Å². The van der Waals surface area contributed by atoms with E-state index in [0.717, 1.165) is 5.56 Å². The van der Waals surface area contributed by atoms with Crippen molar-refractivity contribution in [3.05, 3.63) is 53.6 Å². The number of pyridine rings is 2. The normalized spacial score (nSPS) is 11.1. The predicted molar refractivity (Wildman–Crippen MR) is 91.7 cm³/mol. The largest absolute Gasteiger partial charge is 0.505 e. The van der Waals surface area contributed by atoms with E-state index in [9.17, 15) is 9.90 Å². The molecule has 1 aromatic carbocycles. The molecule has 1 N–H and O–H groups in total. The molecule has 0 bridgehead atoms. The monoisotopic (exact) mass is 354 g/mol. The molecular weight excluding hydrogens is 344 g/mol. The first-order valence-corrected chi connectivity index (χ1v) is 7.66. The Balaban J connectivity index is 2.05. The number of rotatable bonds is 2. The molecular formula is C17H11ClN4O3. The number of carbonyl (C=O) groups is 1. The highest BCUT2D eigenvalue weighted by atomic mass is 35.5. The minimum Gasteiger partial charge on any atom is -0.505 e. The summed E-state index contributed by atoms with van der Waals surface area (Å²) in [5.74, 6) is -0.973. The van der Waals surface area contributed by atoms with E-state index in [0.29, 0.717) is 27.1 Å². The number of ether oxygens (including phenoxy) is 1. The van der Waals surface area contributed by atoms with Crippen LogP contribution < -0.4 is 0 Å². The zero-order valence-electron chi connectivity index (χ0n) is 13.0. The number of aromatic nitrogens is 4. The summed E-state index contributed by atoms with van der Waals surface area (Å²) in [5.41, 5.74) is 1.80. The van der Waals surface area contributed by atoms with Crippen molar-refractivity contribution in [2.45, 2.75) is 0 Å². The molecule has 25 heavy (non-hydrogen) atoms. The molecule has 0 spiro atoms. The van der Waals surface area contributed by atoms with E-state index in [4.69, 9.17) is 16.3 Å². The van der Waals surface area contributed by atoms with Crippen molar-refractivity contribution in [1.82, 2.24) is 19.6 Å². The highest BCUT2D eigenvalue weighted by Crippen LogP contribution is 2.33. The fourth-order valence-corrected chi connectivity index (χ4v) is 2.92. The SMILES string of the molecule is COC(=O)c1c(O)c2cnc(-c3cccc(Cl)c3)cc2c2ncnn12. The van der Waals surface area contributed by atoms with E-state index in [-0.39, 0.29) is 11.4 Å². The summed E-state index contributed by atoms with van der Waals surface area (Å²) in [6.45, 7) is 0. The van der Waals surface area contributed by atoms with E-state index in [1.165, 1.54) is 24.1 Å². The second kappa shape index (κ2) is 5.71. The highest BCUT2D eigenvalue weighted by Gasteiger charge is 2.22. The Morgan fingerprint density at radius 2 is 2.08 bits per heavy atom. The minimum atomic E-state index is -0.714. The van der Waals surface area contributed by atoms with Crippen LogP contribution in [0.15, 0.2) is 42.9 Å². The van der Waals surface area contributed by atoms with E-state index >= 15 is 0 Å². The minimum absolute atomic E-state index is 0.0974. The van der Waals surface area contributed by atoms with Crippen LogP contribution in [-0.4, -0.2) is 37.8 Å². The third-order valence-corrected chi connectivity index (χ3v) is 4.12. The van der Waals surface area contributed by atoms with Crippen molar-refractivity contribution in [2.24, 2.45) is 0 Å². The molecule has 0 aliphatic rings. The third-order valence-electron chi connectivity index (χ3n) is 3.88. The first kappa shape index (κ1) is 15.3. The van der Waals surface area contributed by atoms with Gasteiger partial charge in [-0.2, -0.15) is 5.10 Å². The lowest BCUT2D eigenvalue weighted by atomic mass is 10.1. The Labute approximate surface area is 146 Å². The Hall–Kier alpha value is -3.19. The van der Waals surface area contributed by atoms with Gasteiger partial charge in [0.25, 0.3) is 0 Å². The van der Waals surface area contributed by atoms with E-state index in [1.54, 1.807) is 18.2 Å². The van der Waals surface area contributed by atoms with Gasteiger partial charge in [0, 0.05) is 27.6 Å². The molecule has 0 fully saturated rings. The van der Waals surface area contributed by atoms with Gasteiger partial charge >= 0.3 is 5.97 Å². The van der Waals surface area contributed by atoms with Crippen LogP contribution in [0.5, 0.6) is 5.75 Å². The van der Waals surface area contributed by atoms with E-state index < -0.39 is 5.97 Å². The maximum Gasteiger partial charge on any atom is 0.360 e. The second-order valence-corrected chi connectivity index (χ2v) is 5.75. The van der Waals surface area contributed by atoms with E-state index in [1.807, 2.05) is 12.1 Å². The van der Waals surface area contributed by atoms with Gasteiger partial charge in [0.15, 0.2) is 17.1 Å². The summed E-state index contributed by atoms with van der Waals surface area (Å²) in [7, 11) is 1.23. The zero-order valence-corrected chi connectivity index (χ0v) is 13.7. The molecule has 0 saturated heterocycles. The van der Waals surface area contributed by atoms with Gasteiger partial charge < -0.3 is 9.84 Å². The Morgan fingerprint density at radius 3 is 2.84 bits per heavy atom. The van der Waals surface area contributed by atoms with Gasteiger partial charge in [-0.05, 0) is 18.2 Å². The molecule has 4 aromatic rings. The molecule has 7 nitrogen and oxygen atoms in total. The summed E-state index contributed by atoms with van der Waals surface area (Å²) in [6.07, 6.45) is 2.79. The van der Waals surface area contributed by atoms with Crippen molar-refractivity contribution < 1.29 is 14.6 Å². The maximum atomic E-state index is 12.0. The predicted octanol–water partition coefficient (Wildman–Crippen LogP) is 3.09. The van der Waals surface area contributed by atoms with Crippen molar-refractivity contribution in [3.63, 3.8) is 0 Å². The topological polar surface area (TPSA) is 89.6 Å². The number of methoxy groups -OCH3 is 1. The Morgan fingerprint density at radius 1 is 1.24 bits per heavy atom. The molecule has 0 aliphatic carbocycles. The molecule has 0 aliphatic heterocycles. The fraction of sp³-hybridized carbons (Fsp3) is 0.0588. The van der Waals surface area contributed by atoms with Crippen LogP contribution in [0.3, 0.4) is 0 Å². The molecule has 0 atom stereocenters. The van der Waals surface area contributed by atoms with Gasteiger partial charge in [-0.15, -0.1) is 0 Å². The van der Waals surface area contributed by atoms with Crippen LogP contribution in [0.25, 0.3) is 27.7 Å². The number of carbonyl (C=O) groups excluding carboxylic acids is 1. The molecule has 0 saturated carbocycles. The number of esters is 1. The molecule has 0 amide bonds. The summed E-state index contributed by atoms with van der Waals surface area (Å²) >= 11 is 6.04. The van der Waals surface area contributed by atoms with Crippen molar-refractivity contribution in [1.29, 1.82) is 0 Å². The third kappa shape index (κ3) is 2.36. The number of halogens is 1. The lowest BCUT2D eigenvalue weighted by molar-refractivity contribution is 0.0587. The number of nitrogens with zero attached hydrogens (tertiary/aromatic N) is 4. The van der Waals surface area contributed by atoms with Crippen LogP contribution in [0.4, 0.5) is 0 Å². The van der Waals surface area contributed by atoms with E-state index in [2.05, 4.69) is 15.1 Å². The van der Waals surface area contributed by atoms with Crippen LogP contribution in [-0.2, 0) is 4.74 Å². The average molecular weight is 355 g/mol. The Bertz CT molecular complexity index is 1140. The van der Waals surface area contributed by atoms with Gasteiger partial charge in [-0.3, -0.25) is 4.98 Å². The zero-order chi connectivity index (χ0) is 17.6. The molecule has 0 unspecified atom stereocenters. The van der Waals surface area contributed by atoms with Gasteiger partial charge in [-0.25, -0.2) is 14.3 Å². The summed E-state index contributed by atoms with van der Waals surface area (Å²) < 4.78 is 5.98. The standard InChI is InChI=1S/C17H11ClN4O3/c1-25-17(24)14-15(23)12-7-19-13(9-3-2-4-10(18)5-9)6-11(12)16-20-8-21-22(14)16/h2-8,23H,1H3. The van der Waals surface area contributed by atoms with Crippen LogP contribution in [0.2, 0.25) is 5.02 Å². The smallest absolute Gasteiger partial charge is 0.360 e. The summed E-state index contributed by atoms with van der Waals surface area (Å²) in [5, 5.41) is 16.1. The number of aromatic hydroxyl groups is 1. The van der Waals surface area contributed by atoms with Crippen molar-refractivity contribution in [2.75, 3.05) is 7.11 Å². The van der Waals surface area contributed by atoms with Crippen molar-refractivity contribution in [3.8, 4) is 17.0 Å². The van der Waals surface area contributed by atoms with Gasteiger partial charge in [0.1, 0.15) is 6.33 Å². The number of benzene rings is 1. The van der Waals surface area contributed by atoms with Crippen LogP contribution in [0, 0.1) is 0 Å². The maximum absolute atomic E-state index is 12.0. The van der Waals surface area contributed by atoms with Crippen molar-refractivity contribution >= 4 is 34.0 Å². The second-order valence-electron chi connectivity index (χ2n) is 5.31. The highest BCUT2D eigenvalue weighted by molar-refractivity contribution is 6.30. The molecule has 3 aromatic heterocycles. The first-order valence-electron chi connectivity index (χ1n) is 7.29. The molecule has 124 valence electrons.